The molecule has 3 aromatic rings. The lowest BCUT2D eigenvalue weighted by Crippen LogP contribution is -1.96. The molecule has 1 aromatic heterocycles. The van der Waals surface area contributed by atoms with E-state index in [2.05, 4.69) is 15.5 Å². The van der Waals surface area contributed by atoms with Crippen LogP contribution in [0.3, 0.4) is 0 Å². The molecule has 0 atom stereocenters. The summed E-state index contributed by atoms with van der Waals surface area (Å²) in [6, 6.07) is 11.6. The predicted molar refractivity (Wildman–Crippen MR) is 89.8 cm³/mol. The zero-order valence-electron chi connectivity index (χ0n) is 11.1. The molecule has 0 aliphatic heterocycles. The number of rotatable bonds is 3. The van der Waals surface area contributed by atoms with E-state index in [0.717, 1.165) is 21.8 Å². The fourth-order valence-electron chi connectivity index (χ4n) is 1.97. The van der Waals surface area contributed by atoms with Gasteiger partial charge in [0.1, 0.15) is 10.5 Å². The van der Waals surface area contributed by atoms with Gasteiger partial charge in [-0.15, -0.1) is 10.2 Å². The van der Waals surface area contributed by atoms with Crippen LogP contribution in [0.2, 0.25) is 10.0 Å². The van der Waals surface area contributed by atoms with Crippen LogP contribution >= 0.6 is 34.5 Å². The molecule has 0 amide bonds. The number of aryl methyl sites for hydroxylation is 1. The molecule has 0 saturated carbocycles. The minimum absolute atomic E-state index is 0.581. The first-order valence-corrected chi connectivity index (χ1v) is 7.87. The van der Waals surface area contributed by atoms with Gasteiger partial charge in [-0.2, -0.15) is 0 Å². The number of benzene rings is 2. The molecule has 0 aliphatic carbocycles. The zero-order chi connectivity index (χ0) is 14.8. The molecule has 2 aromatic carbocycles. The lowest BCUT2D eigenvalue weighted by atomic mass is 10.1. The van der Waals surface area contributed by atoms with Gasteiger partial charge in [-0.3, -0.25) is 0 Å². The van der Waals surface area contributed by atoms with Crippen molar-refractivity contribution in [2.45, 2.75) is 6.92 Å². The Bertz CT molecular complexity index is 773. The summed E-state index contributed by atoms with van der Waals surface area (Å²) in [4.78, 5) is 0. The Kier molecular flexibility index (Phi) is 4.10. The van der Waals surface area contributed by atoms with Gasteiger partial charge in [0.25, 0.3) is 0 Å². The molecule has 1 N–H and O–H groups in total. The molecule has 6 heteroatoms. The van der Waals surface area contributed by atoms with Crippen molar-refractivity contribution in [1.29, 1.82) is 0 Å². The van der Waals surface area contributed by atoms with Gasteiger partial charge in [0.05, 0.1) is 15.7 Å². The van der Waals surface area contributed by atoms with E-state index >= 15 is 0 Å². The third-order valence-electron chi connectivity index (χ3n) is 3.06. The molecule has 3 nitrogen and oxygen atoms in total. The molecule has 3 rings (SSSR count). The normalized spacial score (nSPS) is 10.6. The Balaban J connectivity index is 2.06. The van der Waals surface area contributed by atoms with Crippen LogP contribution in [0.5, 0.6) is 0 Å². The molecule has 106 valence electrons. The maximum absolute atomic E-state index is 6.35. The number of halogens is 2. The van der Waals surface area contributed by atoms with E-state index in [9.17, 15) is 0 Å². The maximum atomic E-state index is 6.35. The van der Waals surface area contributed by atoms with Crippen molar-refractivity contribution in [3.05, 3.63) is 57.5 Å². The van der Waals surface area contributed by atoms with Gasteiger partial charge in [0, 0.05) is 11.3 Å². The first-order valence-electron chi connectivity index (χ1n) is 6.24. The summed E-state index contributed by atoms with van der Waals surface area (Å²) in [6.45, 7) is 1.94. The lowest BCUT2D eigenvalue weighted by molar-refractivity contribution is 1.10. The van der Waals surface area contributed by atoms with Crippen molar-refractivity contribution < 1.29 is 0 Å². The average molecular weight is 336 g/mol. The number of para-hydroxylation sites is 1. The highest BCUT2D eigenvalue weighted by molar-refractivity contribution is 7.12. The number of nitrogens with zero attached hydrogens (tertiary/aromatic N) is 2. The maximum Gasteiger partial charge on any atom is 0.149 e. The summed E-state index contributed by atoms with van der Waals surface area (Å²) in [7, 11) is 0. The van der Waals surface area contributed by atoms with Crippen molar-refractivity contribution in [2.24, 2.45) is 0 Å². The van der Waals surface area contributed by atoms with Gasteiger partial charge >= 0.3 is 0 Å². The zero-order valence-corrected chi connectivity index (χ0v) is 13.4. The van der Waals surface area contributed by atoms with E-state index in [1.54, 1.807) is 5.51 Å². The van der Waals surface area contributed by atoms with Gasteiger partial charge in [0.15, 0.2) is 0 Å². The Morgan fingerprint density at radius 3 is 2.67 bits per heavy atom. The van der Waals surface area contributed by atoms with Gasteiger partial charge < -0.3 is 5.32 Å². The molecule has 0 aliphatic rings. The summed E-state index contributed by atoms with van der Waals surface area (Å²) in [5, 5.41) is 13.4. The van der Waals surface area contributed by atoms with E-state index in [1.807, 2.05) is 43.3 Å². The monoisotopic (exact) mass is 335 g/mol. The minimum Gasteiger partial charge on any atom is -0.353 e. The first kappa shape index (κ1) is 14.3. The molecule has 0 spiro atoms. The third kappa shape index (κ3) is 2.88. The molecule has 21 heavy (non-hydrogen) atoms. The third-order valence-corrected chi connectivity index (χ3v) is 4.59. The highest BCUT2D eigenvalue weighted by atomic mass is 35.5. The summed E-state index contributed by atoms with van der Waals surface area (Å²) in [5.41, 5.74) is 5.24. The SMILES string of the molecule is Cc1ccc(Cl)c(Nc2ccccc2-c2nncs2)c1Cl. The largest absolute Gasteiger partial charge is 0.353 e. The van der Waals surface area contributed by atoms with E-state index < -0.39 is 0 Å². The van der Waals surface area contributed by atoms with Crippen LogP contribution in [-0.4, -0.2) is 10.2 Å². The number of hydrogen-bond acceptors (Lipinski definition) is 4. The molecule has 0 radical (unpaired) electrons. The summed E-state index contributed by atoms with van der Waals surface area (Å²) in [6.07, 6.45) is 0. The van der Waals surface area contributed by atoms with Crippen molar-refractivity contribution in [1.82, 2.24) is 10.2 Å². The van der Waals surface area contributed by atoms with Gasteiger partial charge in [0.2, 0.25) is 0 Å². The highest BCUT2D eigenvalue weighted by Crippen LogP contribution is 2.38. The van der Waals surface area contributed by atoms with E-state index in [-0.39, 0.29) is 0 Å². The topological polar surface area (TPSA) is 37.8 Å². The average Bonchev–Trinajstić information content (AvgIpc) is 3.02. The Morgan fingerprint density at radius 2 is 1.90 bits per heavy atom. The van der Waals surface area contributed by atoms with Crippen LogP contribution in [0, 0.1) is 6.92 Å². The number of anilines is 2. The second-order valence-corrected chi connectivity index (χ2v) is 6.09. The van der Waals surface area contributed by atoms with Crippen molar-refractivity contribution in [2.75, 3.05) is 5.32 Å². The van der Waals surface area contributed by atoms with Crippen LogP contribution < -0.4 is 5.32 Å². The Labute approximate surface area is 136 Å². The van der Waals surface area contributed by atoms with Crippen molar-refractivity contribution >= 4 is 45.9 Å². The number of aromatic nitrogens is 2. The van der Waals surface area contributed by atoms with E-state index in [1.165, 1.54) is 11.3 Å². The van der Waals surface area contributed by atoms with Gasteiger partial charge in [-0.05, 0) is 30.7 Å². The second-order valence-electron chi connectivity index (χ2n) is 4.47. The van der Waals surface area contributed by atoms with E-state index in [4.69, 9.17) is 23.2 Å². The second kappa shape index (κ2) is 6.02. The first-order chi connectivity index (χ1) is 10.2. The number of nitrogens with one attached hydrogen (secondary N) is 1. The fourth-order valence-corrected chi connectivity index (χ4v) is 3.03. The van der Waals surface area contributed by atoms with Crippen LogP contribution in [0.4, 0.5) is 11.4 Å². The van der Waals surface area contributed by atoms with Crippen LogP contribution in [-0.2, 0) is 0 Å². The Morgan fingerprint density at radius 1 is 1.10 bits per heavy atom. The quantitative estimate of drug-likeness (QED) is 0.680. The van der Waals surface area contributed by atoms with Crippen LogP contribution in [0.25, 0.3) is 10.6 Å². The van der Waals surface area contributed by atoms with E-state index in [0.29, 0.717) is 15.7 Å². The molecular formula is C15H11Cl2N3S. The molecule has 0 saturated heterocycles. The molecule has 1 heterocycles. The van der Waals surface area contributed by atoms with Crippen LogP contribution in [0.15, 0.2) is 41.9 Å². The smallest absolute Gasteiger partial charge is 0.149 e. The lowest BCUT2D eigenvalue weighted by Gasteiger charge is -2.14. The molecule has 0 unspecified atom stereocenters. The predicted octanol–water partition coefficient (Wildman–Crippen LogP) is 5.56. The molecule has 0 bridgehead atoms. The van der Waals surface area contributed by atoms with Crippen molar-refractivity contribution in [3.8, 4) is 10.6 Å². The number of hydrogen-bond donors (Lipinski definition) is 1. The van der Waals surface area contributed by atoms with Crippen LogP contribution in [0.1, 0.15) is 5.56 Å². The summed E-state index contributed by atoms with van der Waals surface area (Å²) in [5.74, 6) is 0. The molecular weight excluding hydrogens is 325 g/mol. The Hall–Kier alpha value is -1.62. The van der Waals surface area contributed by atoms with Gasteiger partial charge in [-0.1, -0.05) is 52.7 Å². The van der Waals surface area contributed by atoms with Crippen molar-refractivity contribution in [3.63, 3.8) is 0 Å². The van der Waals surface area contributed by atoms with Gasteiger partial charge in [-0.25, -0.2) is 0 Å². The summed E-state index contributed by atoms with van der Waals surface area (Å²) >= 11 is 14.1. The minimum atomic E-state index is 0.581. The molecule has 0 fully saturated rings. The summed E-state index contributed by atoms with van der Waals surface area (Å²) < 4.78 is 0. The standard InChI is InChI=1S/C15H11Cl2N3S/c1-9-6-7-11(16)14(13(9)17)19-12-5-3-2-4-10(12)15-20-18-8-21-15/h2-8,19H,1H3. The highest BCUT2D eigenvalue weighted by Gasteiger charge is 2.12. The fraction of sp³-hybridized carbons (Fsp3) is 0.0667.